The molecule has 0 heterocycles. The van der Waals surface area contributed by atoms with E-state index >= 15 is 0 Å². The highest BCUT2D eigenvalue weighted by molar-refractivity contribution is 5.72. The fourth-order valence-electron chi connectivity index (χ4n) is 1.66. The van der Waals surface area contributed by atoms with E-state index in [-0.39, 0.29) is 0 Å². The zero-order valence-corrected chi connectivity index (χ0v) is 10.7. The lowest BCUT2D eigenvalue weighted by Gasteiger charge is -2.22. The maximum atomic E-state index is 4.43. The molecule has 0 unspecified atom stereocenters. The Kier molecular flexibility index (Phi) is 5.86. The first-order chi connectivity index (χ1) is 8.33. The van der Waals surface area contributed by atoms with E-state index in [9.17, 15) is 0 Å². The van der Waals surface area contributed by atoms with Crippen LogP contribution in [0, 0.1) is 0 Å². The van der Waals surface area contributed by atoms with Crippen LogP contribution in [0.4, 0.5) is 11.4 Å². The van der Waals surface area contributed by atoms with E-state index in [1.807, 2.05) is 24.3 Å². The first-order valence-electron chi connectivity index (χ1n) is 6.04. The van der Waals surface area contributed by atoms with Crippen LogP contribution in [0.3, 0.4) is 0 Å². The summed E-state index contributed by atoms with van der Waals surface area (Å²) in [5.41, 5.74) is 2.17. The van der Waals surface area contributed by atoms with E-state index in [4.69, 9.17) is 0 Å². The van der Waals surface area contributed by atoms with Gasteiger partial charge in [-0.05, 0) is 26.0 Å². The lowest BCUT2D eigenvalue weighted by Crippen LogP contribution is -2.21. The number of aliphatic imine (C=N–C) groups is 1. The average Bonchev–Trinajstić information content (AvgIpc) is 2.38. The summed E-state index contributed by atoms with van der Waals surface area (Å²) in [7, 11) is 0. The van der Waals surface area contributed by atoms with E-state index in [1.54, 1.807) is 6.34 Å². The fourth-order valence-corrected chi connectivity index (χ4v) is 1.66. The van der Waals surface area contributed by atoms with E-state index < -0.39 is 0 Å². The minimum atomic E-state index is 0.733. The molecule has 3 nitrogen and oxygen atoms in total. The summed E-state index contributed by atoms with van der Waals surface area (Å²) in [5, 5.41) is 3.06. The van der Waals surface area contributed by atoms with Gasteiger partial charge in [-0.25, -0.2) is 4.99 Å². The number of nitrogens with one attached hydrogen (secondary N) is 1. The molecule has 0 radical (unpaired) electrons. The molecule has 0 aliphatic carbocycles. The molecule has 0 fully saturated rings. The number of hydrogen-bond acceptors (Lipinski definition) is 2. The number of rotatable bonds is 7. The molecule has 1 aromatic rings. The van der Waals surface area contributed by atoms with Crippen molar-refractivity contribution in [1.29, 1.82) is 0 Å². The Hall–Kier alpha value is -1.77. The average molecular weight is 231 g/mol. The van der Waals surface area contributed by atoms with E-state index in [0.29, 0.717) is 0 Å². The van der Waals surface area contributed by atoms with E-state index in [2.05, 4.69) is 41.7 Å². The molecule has 1 aromatic carbocycles. The number of anilines is 1. The van der Waals surface area contributed by atoms with Crippen molar-refractivity contribution < 1.29 is 0 Å². The maximum Gasteiger partial charge on any atom is 0.0889 e. The molecule has 0 aliphatic rings. The molecule has 0 saturated carbocycles. The van der Waals surface area contributed by atoms with Crippen molar-refractivity contribution in [2.24, 2.45) is 4.99 Å². The van der Waals surface area contributed by atoms with Crippen LogP contribution in [-0.4, -0.2) is 26.0 Å². The Labute approximate surface area is 104 Å². The van der Waals surface area contributed by atoms with Crippen LogP contribution in [-0.2, 0) is 0 Å². The third-order valence-corrected chi connectivity index (χ3v) is 2.54. The Bertz CT molecular complexity index is 367. The third-order valence-electron chi connectivity index (χ3n) is 2.54. The Balaban J connectivity index is 2.83. The van der Waals surface area contributed by atoms with Crippen molar-refractivity contribution in [2.45, 2.75) is 13.8 Å². The molecule has 0 atom stereocenters. The molecule has 0 aromatic heterocycles. The predicted molar refractivity (Wildman–Crippen MR) is 76.4 cm³/mol. The first kappa shape index (κ1) is 13.3. The molecule has 0 aliphatic heterocycles. The van der Waals surface area contributed by atoms with Crippen molar-refractivity contribution in [1.82, 2.24) is 5.32 Å². The molecule has 3 heteroatoms. The van der Waals surface area contributed by atoms with Gasteiger partial charge in [0.05, 0.1) is 17.7 Å². The van der Waals surface area contributed by atoms with Crippen LogP contribution in [0.25, 0.3) is 0 Å². The second-order valence-corrected chi connectivity index (χ2v) is 3.62. The minimum absolute atomic E-state index is 0.733. The van der Waals surface area contributed by atoms with E-state index in [0.717, 1.165) is 25.3 Å². The van der Waals surface area contributed by atoms with Crippen LogP contribution in [0.1, 0.15) is 13.8 Å². The largest absolute Gasteiger partial charge is 0.373 e. The minimum Gasteiger partial charge on any atom is -0.373 e. The molecule has 17 heavy (non-hydrogen) atoms. The zero-order chi connectivity index (χ0) is 12.5. The molecule has 0 amide bonds. The molecule has 1 rings (SSSR count). The van der Waals surface area contributed by atoms with E-state index in [1.165, 1.54) is 5.69 Å². The summed E-state index contributed by atoms with van der Waals surface area (Å²) in [4.78, 5) is 6.73. The monoisotopic (exact) mass is 231 g/mol. The van der Waals surface area contributed by atoms with Crippen molar-refractivity contribution in [2.75, 3.05) is 24.5 Å². The maximum absolute atomic E-state index is 4.43. The van der Waals surface area contributed by atoms with Gasteiger partial charge in [-0.2, -0.15) is 0 Å². The molecule has 0 spiro atoms. The zero-order valence-electron chi connectivity index (χ0n) is 10.7. The smallest absolute Gasteiger partial charge is 0.0889 e. The van der Waals surface area contributed by atoms with Crippen LogP contribution < -0.4 is 10.2 Å². The molecular formula is C14H21N3. The van der Waals surface area contributed by atoms with Crippen LogP contribution in [0.2, 0.25) is 0 Å². The van der Waals surface area contributed by atoms with Gasteiger partial charge in [0.25, 0.3) is 0 Å². The molecule has 92 valence electrons. The SMILES string of the molecule is C=CCNC=Nc1ccccc1N(CC)CC. The second-order valence-electron chi connectivity index (χ2n) is 3.62. The molecule has 0 bridgehead atoms. The summed E-state index contributed by atoms with van der Waals surface area (Å²) in [6.45, 7) is 10.7. The Morgan fingerprint density at radius 3 is 2.65 bits per heavy atom. The summed E-state index contributed by atoms with van der Waals surface area (Å²) >= 11 is 0. The standard InChI is InChI=1S/C14H21N3/c1-4-11-15-12-16-13-9-7-8-10-14(13)17(5-2)6-3/h4,7-10,12H,1,5-6,11H2,2-3H3,(H,15,16). The van der Waals surface area contributed by atoms with Gasteiger partial charge in [0, 0.05) is 19.6 Å². The predicted octanol–water partition coefficient (Wildman–Crippen LogP) is 2.97. The molecule has 1 N–H and O–H groups in total. The van der Waals surface area contributed by atoms with Crippen molar-refractivity contribution in [3.63, 3.8) is 0 Å². The highest BCUT2D eigenvalue weighted by Crippen LogP contribution is 2.27. The summed E-state index contributed by atoms with van der Waals surface area (Å²) < 4.78 is 0. The van der Waals surface area contributed by atoms with Crippen molar-refractivity contribution in [3.05, 3.63) is 36.9 Å². The number of nitrogens with zero attached hydrogens (tertiary/aromatic N) is 2. The van der Waals surface area contributed by atoms with Gasteiger partial charge < -0.3 is 10.2 Å². The number of hydrogen-bond donors (Lipinski definition) is 1. The first-order valence-corrected chi connectivity index (χ1v) is 6.04. The van der Waals surface area contributed by atoms with Gasteiger partial charge in [-0.3, -0.25) is 0 Å². The third kappa shape index (κ3) is 3.94. The molecule has 0 saturated heterocycles. The summed E-state index contributed by atoms with van der Waals surface area (Å²) in [5.74, 6) is 0. The number of para-hydroxylation sites is 2. The second kappa shape index (κ2) is 7.49. The van der Waals surface area contributed by atoms with Crippen LogP contribution in [0.15, 0.2) is 41.9 Å². The molecular weight excluding hydrogens is 210 g/mol. The van der Waals surface area contributed by atoms with Gasteiger partial charge in [0.1, 0.15) is 0 Å². The van der Waals surface area contributed by atoms with Gasteiger partial charge in [0.15, 0.2) is 0 Å². The Morgan fingerprint density at radius 1 is 1.29 bits per heavy atom. The van der Waals surface area contributed by atoms with Gasteiger partial charge in [0.2, 0.25) is 0 Å². The highest BCUT2D eigenvalue weighted by Gasteiger charge is 2.05. The van der Waals surface area contributed by atoms with Gasteiger partial charge in [-0.1, -0.05) is 18.2 Å². The van der Waals surface area contributed by atoms with Crippen molar-refractivity contribution >= 4 is 17.7 Å². The van der Waals surface area contributed by atoms with Crippen LogP contribution >= 0.6 is 0 Å². The van der Waals surface area contributed by atoms with Gasteiger partial charge in [-0.15, -0.1) is 6.58 Å². The lowest BCUT2D eigenvalue weighted by atomic mass is 10.2. The number of benzene rings is 1. The van der Waals surface area contributed by atoms with Gasteiger partial charge >= 0.3 is 0 Å². The normalized spacial score (nSPS) is 10.5. The van der Waals surface area contributed by atoms with Crippen molar-refractivity contribution in [3.8, 4) is 0 Å². The van der Waals surface area contributed by atoms with Crippen LogP contribution in [0.5, 0.6) is 0 Å². The summed E-state index contributed by atoms with van der Waals surface area (Å²) in [6.07, 6.45) is 3.53. The Morgan fingerprint density at radius 2 is 2.00 bits per heavy atom. The summed E-state index contributed by atoms with van der Waals surface area (Å²) in [6, 6.07) is 8.18. The lowest BCUT2D eigenvalue weighted by molar-refractivity contribution is 0.866. The topological polar surface area (TPSA) is 27.6 Å². The highest BCUT2D eigenvalue weighted by atomic mass is 15.1. The quantitative estimate of drug-likeness (QED) is 0.338. The fraction of sp³-hybridized carbons (Fsp3) is 0.357.